The minimum absolute atomic E-state index is 0.0289. The smallest absolute Gasteiger partial charge is 0.349 e. The summed E-state index contributed by atoms with van der Waals surface area (Å²) in [6.07, 6.45) is 2.51. The van der Waals surface area contributed by atoms with Gasteiger partial charge in [-0.15, -0.1) is 0 Å². The number of allylic oxidation sites excluding steroid dienone is 2. The second-order valence-corrected chi connectivity index (χ2v) is 5.49. The number of carbonyl (C=O) groups excluding carboxylic acids is 1. The quantitative estimate of drug-likeness (QED) is 0.814. The maximum absolute atomic E-state index is 12.1. The van der Waals surface area contributed by atoms with Gasteiger partial charge in [-0.25, -0.2) is 13.2 Å². The predicted octanol–water partition coefficient (Wildman–Crippen LogP) is 1.22. The summed E-state index contributed by atoms with van der Waals surface area (Å²) >= 11 is 0. The number of sulfone groups is 1. The zero-order valence-electron chi connectivity index (χ0n) is 9.45. The van der Waals surface area contributed by atoms with Crippen LogP contribution in [0, 0.1) is 0 Å². The van der Waals surface area contributed by atoms with Crippen molar-refractivity contribution in [2.24, 2.45) is 0 Å². The molecule has 1 aromatic carbocycles. The monoisotopic (exact) mass is 266 g/mol. The highest BCUT2D eigenvalue weighted by Gasteiger charge is 2.34. The van der Waals surface area contributed by atoms with E-state index >= 15 is 0 Å². The first-order chi connectivity index (χ1) is 8.46. The molecule has 0 aliphatic carbocycles. The average Bonchev–Trinajstić information content (AvgIpc) is 2.63. The summed E-state index contributed by atoms with van der Waals surface area (Å²) in [4.78, 5) is 10.9. The Balaban J connectivity index is 2.45. The number of hydrogen-bond donors (Lipinski definition) is 1. The predicted molar refractivity (Wildman–Crippen MR) is 65.1 cm³/mol. The van der Waals surface area contributed by atoms with Crippen LogP contribution in [0.5, 0.6) is 5.75 Å². The maximum Gasteiger partial charge on any atom is 0.349 e. The van der Waals surface area contributed by atoms with Gasteiger partial charge in [-0.2, -0.15) is 0 Å². The van der Waals surface area contributed by atoms with Gasteiger partial charge in [0.05, 0.1) is 12.0 Å². The van der Waals surface area contributed by atoms with E-state index in [-0.39, 0.29) is 10.7 Å². The Kier molecular flexibility index (Phi) is 2.96. The number of esters is 1. The van der Waals surface area contributed by atoms with E-state index in [0.29, 0.717) is 5.56 Å². The number of phenolic OH excluding ortho intramolecular Hbond substituents is 1. The molecular formula is C12H10O5S. The highest BCUT2D eigenvalue weighted by atomic mass is 32.2. The first kappa shape index (κ1) is 12.4. The Labute approximate surface area is 104 Å². The van der Waals surface area contributed by atoms with Gasteiger partial charge in [0.2, 0.25) is 9.84 Å². The molecular weight excluding hydrogens is 256 g/mol. The number of phenols is 1. The number of hydrogen-bond acceptors (Lipinski definition) is 5. The third-order valence-corrected chi connectivity index (χ3v) is 4.31. The lowest BCUT2D eigenvalue weighted by molar-refractivity contribution is -0.135. The fourth-order valence-corrected chi connectivity index (χ4v) is 3.11. The first-order valence-corrected chi connectivity index (χ1v) is 6.50. The Bertz CT molecular complexity index is 667. The van der Waals surface area contributed by atoms with Crippen molar-refractivity contribution >= 4 is 20.7 Å². The molecule has 0 radical (unpaired) electrons. The van der Waals surface area contributed by atoms with Gasteiger partial charge in [0.25, 0.3) is 0 Å². The van der Waals surface area contributed by atoms with Crippen molar-refractivity contribution < 1.29 is 23.1 Å². The van der Waals surface area contributed by atoms with E-state index < -0.39 is 20.7 Å². The van der Waals surface area contributed by atoms with Gasteiger partial charge in [-0.05, 0) is 29.8 Å². The number of benzene rings is 1. The second kappa shape index (κ2) is 4.30. The fourth-order valence-electron chi connectivity index (χ4n) is 1.64. The first-order valence-electron chi connectivity index (χ1n) is 5.01. The van der Waals surface area contributed by atoms with Crippen molar-refractivity contribution in [2.45, 2.75) is 0 Å². The molecule has 0 saturated heterocycles. The SMILES string of the molecule is COC(=O)C1=CC=C(c2cccc(O)c2)S1(=O)=O. The molecule has 0 unspecified atom stereocenters. The molecule has 18 heavy (non-hydrogen) atoms. The molecule has 0 saturated carbocycles. The number of aromatic hydroxyl groups is 1. The van der Waals surface area contributed by atoms with Gasteiger partial charge < -0.3 is 9.84 Å². The van der Waals surface area contributed by atoms with E-state index in [9.17, 15) is 18.3 Å². The largest absolute Gasteiger partial charge is 0.508 e. The van der Waals surface area contributed by atoms with Crippen LogP contribution in [0.4, 0.5) is 0 Å². The molecule has 0 spiro atoms. The van der Waals surface area contributed by atoms with E-state index in [2.05, 4.69) is 4.74 Å². The summed E-state index contributed by atoms with van der Waals surface area (Å²) < 4.78 is 28.6. The van der Waals surface area contributed by atoms with Crippen molar-refractivity contribution in [3.63, 3.8) is 0 Å². The van der Waals surface area contributed by atoms with Crippen LogP contribution in [0.1, 0.15) is 5.56 Å². The van der Waals surface area contributed by atoms with Gasteiger partial charge >= 0.3 is 5.97 Å². The molecule has 0 amide bonds. The van der Waals surface area contributed by atoms with E-state index in [1.165, 1.54) is 36.4 Å². The number of ether oxygens (including phenoxy) is 1. The molecule has 0 aromatic heterocycles. The molecule has 5 nitrogen and oxygen atoms in total. The number of rotatable bonds is 2. The normalized spacial score (nSPS) is 16.9. The molecule has 1 N–H and O–H groups in total. The van der Waals surface area contributed by atoms with Crippen LogP contribution >= 0.6 is 0 Å². The maximum atomic E-state index is 12.1. The summed E-state index contributed by atoms with van der Waals surface area (Å²) in [6.45, 7) is 0. The van der Waals surface area contributed by atoms with E-state index in [0.717, 1.165) is 7.11 Å². The van der Waals surface area contributed by atoms with Gasteiger partial charge in [-0.3, -0.25) is 0 Å². The Morgan fingerprint density at radius 3 is 2.61 bits per heavy atom. The van der Waals surface area contributed by atoms with E-state index in [1.807, 2.05) is 0 Å². The average molecular weight is 266 g/mol. The van der Waals surface area contributed by atoms with Crippen LogP contribution in [-0.4, -0.2) is 26.6 Å². The lowest BCUT2D eigenvalue weighted by Gasteiger charge is -2.06. The second-order valence-electron chi connectivity index (χ2n) is 3.61. The zero-order valence-corrected chi connectivity index (χ0v) is 10.3. The molecule has 1 aliphatic heterocycles. The summed E-state index contributed by atoms with van der Waals surface area (Å²) in [7, 11) is -2.76. The van der Waals surface area contributed by atoms with Crippen LogP contribution in [0.2, 0.25) is 0 Å². The van der Waals surface area contributed by atoms with Gasteiger partial charge in [0.15, 0.2) is 4.91 Å². The molecule has 1 heterocycles. The van der Waals surface area contributed by atoms with Gasteiger partial charge in [-0.1, -0.05) is 12.1 Å². The molecule has 0 fully saturated rings. The van der Waals surface area contributed by atoms with Crippen molar-refractivity contribution in [3.8, 4) is 5.75 Å². The van der Waals surface area contributed by atoms with Crippen LogP contribution in [0.3, 0.4) is 0 Å². The van der Waals surface area contributed by atoms with E-state index in [4.69, 9.17) is 0 Å². The van der Waals surface area contributed by atoms with Crippen LogP contribution in [0.25, 0.3) is 4.91 Å². The Hall–Kier alpha value is -2.08. The van der Waals surface area contributed by atoms with Crippen molar-refractivity contribution in [1.29, 1.82) is 0 Å². The third kappa shape index (κ3) is 1.91. The minimum atomic E-state index is -3.87. The lowest BCUT2D eigenvalue weighted by atomic mass is 10.2. The summed E-state index contributed by atoms with van der Waals surface area (Å²) in [6, 6.07) is 5.81. The van der Waals surface area contributed by atoms with Crippen LogP contribution in [0.15, 0.2) is 41.3 Å². The molecule has 1 aliphatic rings. The third-order valence-electron chi connectivity index (χ3n) is 2.48. The molecule has 94 valence electrons. The highest BCUT2D eigenvalue weighted by molar-refractivity contribution is 8.05. The van der Waals surface area contributed by atoms with Gasteiger partial charge in [0, 0.05) is 0 Å². The topological polar surface area (TPSA) is 80.7 Å². The van der Waals surface area contributed by atoms with E-state index in [1.54, 1.807) is 0 Å². The van der Waals surface area contributed by atoms with Crippen molar-refractivity contribution in [2.75, 3.05) is 7.11 Å². The summed E-state index contributed by atoms with van der Waals surface area (Å²) in [5.74, 6) is -0.948. The van der Waals surface area contributed by atoms with Crippen molar-refractivity contribution in [3.05, 3.63) is 46.9 Å². The van der Waals surface area contributed by atoms with Crippen LogP contribution in [-0.2, 0) is 19.4 Å². The summed E-state index contributed by atoms with van der Waals surface area (Å²) in [5, 5.41) is 9.33. The standard InChI is InChI=1S/C12H10O5S/c1-17-12(14)11-6-5-10(18(11,15)16)8-3-2-4-9(13)7-8/h2-7,13H,1H3. The molecule has 1 aromatic rings. The molecule has 6 heteroatoms. The molecule has 2 rings (SSSR count). The molecule has 0 atom stereocenters. The zero-order chi connectivity index (χ0) is 13.3. The number of methoxy groups -OCH3 is 1. The minimum Gasteiger partial charge on any atom is -0.508 e. The summed E-state index contributed by atoms with van der Waals surface area (Å²) in [5.41, 5.74) is 0.324. The molecule has 0 bridgehead atoms. The van der Waals surface area contributed by atoms with Crippen LogP contribution < -0.4 is 0 Å². The van der Waals surface area contributed by atoms with Crippen molar-refractivity contribution in [1.82, 2.24) is 0 Å². The highest BCUT2D eigenvalue weighted by Crippen LogP contribution is 2.33. The fraction of sp³-hybridized carbons (Fsp3) is 0.0833. The Morgan fingerprint density at radius 2 is 2.00 bits per heavy atom. The Morgan fingerprint density at radius 1 is 1.28 bits per heavy atom. The number of carbonyl (C=O) groups is 1. The van der Waals surface area contributed by atoms with Gasteiger partial charge in [0.1, 0.15) is 5.75 Å². The lowest BCUT2D eigenvalue weighted by Crippen LogP contribution is -2.13.